The summed E-state index contributed by atoms with van der Waals surface area (Å²) in [5, 5.41) is 3.17. The van der Waals surface area contributed by atoms with Gasteiger partial charge in [-0.25, -0.2) is 0 Å². The number of carbonyl (C=O) groups is 2. The normalized spacial score (nSPS) is 21.5. The second kappa shape index (κ2) is 15.7. The number of hydrogen-bond acceptors (Lipinski definition) is 3. The summed E-state index contributed by atoms with van der Waals surface area (Å²) in [6, 6.07) is 3.83. The molecule has 1 aromatic heterocycles. The highest BCUT2D eigenvalue weighted by Gasteiger charge is 2.57. The Morgan fingerprint density at radius 1 is 0.917 bits per heavy atom. The molecule has 36 heavy (non-hydrogen) atoms. The Labute approximate surface area is 216 Å². The molecule has 2 amide bonds. The molecule has 2 aliphatic rings. The van der Waals surface area contributed by atoms with Crippen LogP contribution >= 0.6 is 0 Å². The van der Waals surface area contributed by atoms with Crippen molar-refractivity contribution in [2.24, 2.45) is 11.8 Å². The van der Waals surface area contributed by atoms with Crippen molar-refractivity contribution in [3.05, 3.63) is 90.9 Å². The van der Waals surface area contributed by atoms with Crippen LogP contribution in [0.1, 0.15) is 68.6 Å². The first-order chi connectivity index (χ1) is 17.7. The Balaban J connectivity index is 1.16. The summed E-state index contributed by atoms with van der Waals surface area (Å²) >= 11 is 0. The largest absolute Gasteiger partial charge is 0.353 e. The van der Waals surface area contributed by atoms with Crippen molar-refractivity contribution in [3.8, 4) is 0 Å². The summed E-state index contributed by atoms with van der Waals surface area (Å²) in [4.78, 5) is 30.7. The predicted molar refractivity (Wildman–Crippen MR) is 147 cm³/mol. The van der Waals surface area contributed by atoms with Gasteiger partial charge in [0.15, 0.2) is 0 Å². The van der Waals surface area contributed by atoms with Crippen molar-refractivity contribution >= 4 is 11.8 Å². The molecule has 1 aromatic rings. The molecule has 5 nitrogen and oxygen atoms in total. The van der Waals surface area contributed by atoms with E-state index in [-0.39, 0.29) is 17.9 Å². The van der Waals surface area contributed by atoms with Gasteiger partial charge in [-0.1, -0.05) is 67.7 Å². The third-order valence-electron chi connectivity index (χ3n) is 6.65. The molecule has 2 atom stereocenters. The van der Waals surface area contributed by atoms with E-state index in [9.17, 15) is 9.59 Å². The minimum Gasteiger partial charge on any atom is -0.353 e. The Hall–Kier alpha value is -3.21. The minimum atomic E-state index is 0.0393. The average molecular weight is 488 g/mol. The molecule has 2 fully saturated rings. The van der Waals surface area contributed by atoms with E-state index in [2.05, 4.69) is 78.0 Å². The zero-order valence-corrected chi connectivity index (χ0v) is 21.6. The van der Waals surface area contributed by atoms with Gasteiger partial charge >= 0.3 is 0 Å². The van der Waals surface area contributed by atoms with E-state index in [1.165, 1.54) is 0 Å². The zero-order chi connectivity index (χ0) is 25.4. The van der Waals surface area contributed by atoms with E-state index in [0.717, 1.165) is 58.0 Å². The van der Waals surface area contributed by atoms with E-state index < -0.39 is 0 Å². The molecule has 3 rings (SSSR count). The van der Waals surface area contributed by atoms with Crippen LogP contribution in [-0.4, -0.2) is 40.8 Å². The first-order valence-corrected chi connectivity index (χ1v) is 13.4. The molecule has 0 spiro atoms. The summed E-state index contributed by atoms with van der Waals surface area (Å²) in [7, 11) is 0. The van der Waals surface area contributed by atoms with Gasteiger partial charge in [0, 0.05) is 49.8 Å². The summed E-state index contributed by atoms with van der Waals surface area (Å²) in [5.41, 5.74) is 0.634. The van der Waals surface area contributed by atoms with Crippen LogP contribution in [0.3, 0.4) is 0 Å². The number of piperidine rings is 1. The number of unbranched alkanes of at least 4 members (excludes halogenated alkanes) is 1. The van der Waals surface area contributed by atoms with Gasteiger partial charge in [0.1, 0.15) is 0 Å². The van der Waals surface area contributed by atoms with Crippen molar-refractivity contribution in [3.63, 3.8) is 0 Å². The number of nitrogens with zero attached hydrogens (tertiary/aromatic N) is 2. The predicted octanol–water partition coefficient (Wildman–Crippen LogP) is 6.19. The van der Waals surface area contributed by atoms with E-state index >= 15 is 0 Å². The molecule has 0 bridgehead atoms. The Morgan fingerprint density at radius 2 is 1.50 bits per heavy atom. The highest BCUT2D eigenvalue weighted by Crippen LogP contribution is 2.45. The molecule has 0 aromatic carbocycles. The summed E-state index contributed by atoms with van der Waals surface area (Å²) in [6.45, 7) is 3.60. The molecule has 1 N–H and O–H groups in total. The Kier molecular flexibility index (Phi) is 12.0. The van der Waals surface area contributed by atoms with E-state index in [0.29, 0.717) is 23.8 Å². The number of hydrogen-bond donors (Lipinski definition) is 1. The second-order valence-corrected chi connectivity index (χ2v) is 9.47. The van der Waals surface area contributed by atoms with Crippen molar-refractivity contribution in [1.82, 2.24) is 15.2 Å². The topological polar surface area (TPSA) is 62.3 Å². The van der Waals surface area contributed by atoms with Crippen molar-refractivity contribution in [2.75, 3.05) is 13.1 Å². The monoisotopic (exact) mass is 487 g/mol. The first-order valence-electron chi connectivity index (χ1n) is 13.4. The van der Waals surface area contributed by atoms with E-state index in [1.807, 2.05) is 4.90 Å². The fraction of sp³-hybridized carbons (Fsp3) is 0.452. The van der Waals surface area contributed by atoms with Gasteiger partial charge in [0.05, 0.1) is 5.56 Å². The molecule has 1 aliphatic heterocycles. The van der Waals surface area contributed by atoms with E-state index in [1.54, 1.807) is 24.5 Å². The Morgan fingerprint density at radius 3 is 2.06 bits per heavy atom. The van der Waals surface area contributed by atoms with Gasteiger partial charge < -0.3 is 10.2 Å². The number of aromatic nitrogens is 1. The third-order valence-corrected chi connectivity index (χ3v) is 6.65. The number of nitrogens with one attached hydrogen (secondary N) is 1. The van der Waals surface area contributed by atoms with Crippen LogP contribution in [0.15, 0.2) is 85.3 Å². The summed E-state index contributed by atoms with van der Waals surface area (Å²) in [5.74, 6) is 0.977. The maximum atomic E-state index is 12.5. The number of likely N-dealkylation sites (tertiary alicyclic amines) is 1. The number of fused-ring (bicyclic) bond motifs is 1. The van der Waals surface area contributed by atoms with Crippen LogP contribution in [0.2, 0.25) is 0 Å². The molecule has 1 saturated carbocycles. The number of carbonyl (C=O) groups excluding carboxylic acids is 2. The minimum absolute atomic E-state index is 0.0393. The molecular weight excluding hydrogens is 446 g/mol. The van der Waals surface area contributed by atoms with Gasteiger partial charge in [-0.15, -0.1) is 0 Å². The molecular formula is C31H41N3O2. The van der Waals surface area contributed by atoms with Crippen molar-refractivity contribution in [1.29, 1.82) is 0 Å². The fourth-order valence-electron chi connectivity index (χ4n) is 4.59. The molecule has 1 saturated heterocycles. The highest BCUT2D eigenvalue weighted by atomic mass is 16.2. The molecule has 2 unspecified atom stereocenters. The standard InChI is InChI=1S/C31H41N3O2/c1-2-3-4-5-6-7-8-9-10-11-12-13-14-15-16-17-18-21-29(35)33-30-27-24-34(25-28(27)30)31(36)26-20-19-22-32-23-26/h3-4,6-7,9-10,12-13,15-16,19-20,22-23,27-28,30H,2,5,8,11,14,17-18,21,24-25H2,1H3,(H,33,35)/b4-3-,7-6-,10-9-,13-12-,16-15-. The first kappa shape index (κ1) is 27.4. The average Bonchev–Trinajstić information content (AvgIpc) is 3.32. The quantitative estimate of drug-likeness (QED) is 0.237. The maximum Gasteiger partial charge on any atom is 0.255 e. The number of allylic oxidation sites excluding steroid dienone is 10. The smallest absolute Gasteiger partial charge is 0.255 e. The van der Waals surface area contributed by atoms with Crippen molar-refractivity contribution < 1.29 is 9.59 Å². The van der Waals surface area contributed by atoms with E-state index in [4.69, 9.17) is 0 Å². The van der Waals surface area contributed by atoms with Crippen LogP contribution < -0.4 is 5.32 Å². The van der Waals surface area contributed by atoms with Crippen LogP contribution in [0.25, 0.3) is 0 Å². The Bertz CT molecular complexity index is 949. The highest BCUT2D eigenvalue weighted by molar-refractivity contribution is 5.94. The number of rotatable bonds is 15. The number of pyridine rings is 1. The van der Waals surface area contributed by atoms with Crippen molar-refractivity contribution in [2.45, 2.75) is 64.3 Å². The molecule has 2 heterocycles. The van der Waals surface area contributed by atoms with Gasteiger partial charge in [-0.3, -0.25) is 14.6 Å². The van der Waals surface area contributed by atoms with Gasteiger partial charge in [-0.05, 0) is 57.1 Å². The lowest BCUT2D eigenvalue weighted by molar-refractivity contribution is -0.121. The van der Waals surface area contributed by atoms with Crippen LogP contribution in [-0.2, 0) is 4.79 Å². The van der Waals surface area contributed by atoms with Gasteiger partial charge in [0.25, 0.3) is 5.91 Å². The lowest BCUT2D eigenvalue weighted by atomic mass is 10.2. The van der Waals surface area contributed by atoms with Crippen LogP contribution in [0.4, 0.5) is 0 Å². The zero-order valence-electron chi connectivity index (χ0n) is 21.6. The number of amides is 2. The fourth-order valence-corrected chi connectivity index (χ4v) is 4.59. The second-order valence-electron chi connectivity index (χ2n) is 9.47. The molecule has 0 radical (unpaired) electrons. The molecule has 192 valence electrons. The van der Waals surface area contributed by atoms with Gasteiger partial charge in [-0.2, -0.15) is 0 Å². The SMILES string of the molecule is CC/C=C\C/C=C\C/C=C\C/C=C\C/C=C\CCCC(=O)NC1C2CN(C(=O)c3cccnc3)CC21. The summed E-state index contributed by atoms with van der Waals surface area (Å²) < 4.78 is 0. The summed E-state index contributed by atoms with van der Waals surface area (Å²) in [6.07, 6.45) is 32.6. The lowest BCUT2D eigenvalue weighted by Gasteiger charge is -2.20. The third kappa shape index (κ3) is 9.44. The molecule has 5 heteroatoms. The lowest BCUT2D eigenvalue weighted by Crippen LogP contribution is -2.37. The van der Waals surface area contributed by atoms with Crippen LogP contribution in [0.5, 0.6) is 0 Å². The molecule has 1 aliphatic carbocycles. The maximum absolute atomic E-state index is 12.5. The van der Waals surface area contributed by atoms with Crippen LogP contribution in [0, 0.1) is 11.8 Å². The van der Waals surface area contributed by atoms with Gasteiger partial charge in [0.2, 0.25) is 5.91 Å².